The van der Waals surface area contributed by atoms with Crippen LogP contribution in [0.4, 0.5) is 10.1 Å². The van der Waals surface area contributed by atoms with E-state index in [1.54, 1.807) is 19.2 Å². The van der Waals surface area contributed by atoms with Crippen molar-refractivity contribution in [1.29, 1.82) is 0 Å². The van der Waals surface area contributed by atoms with E-state index in [0.717, 1.165) is 0 Å². The van der Waals surface area contributed by atoms with E-state index >= 15 is 0 Å². The van der Waals surface area contributed by atoms with Crippen molar-refractivity contribution >= 4 is 41.5 Å². The quantitative estimate of drug-likeness (QED) is 0.388. The van der Waals surface area contributed by atoms with Crippen LogP contribution >= 0.6 is 24.0 Å². The van der Waals surface area contributed by atoms with E-state index in [-0.39, 0.29) is 48.3 Å². The number of nitrogens with one attached hydrogen (secondary N) is 3. The standard InChI is InChI=1S/C15H23FN4O.HI/c1-10(2)11(3)19-15(17-4)18-9-14(21)20-13-7-5-6-12(16)8-13;/h5-8,10-11H,9H2,1-4H3,(H,20,21)(H2,17,18,19);1H. The summed E-state index contributed by atoms with van der Waals surface area (Å²) in [6, 6.07) is 6.01. The number of nitrogens with zero attached hydrogens (tertiary/aromatic N) is 1. The fraction of sp³-hybridized carbons (Fsp3) is 0.467. The predicted octanol–water partition coefficient (Wildman–Crippen LogP) is 2.59. The van der Waals surface area contributed by atoms with Gasteiger partial charge in [0.15, 0.2) is 5.96 Å². The van der Waals surface area contributed by atoms with E-state index in [2.05, 4.69) is 34.8 Å². The van der Waals surface area contributed by atoms with Gasteiger partial charge in [-0.05, 0) is 31.0 Å². The SMILES string of the molecule is CN=C(NCC(=O)Nc1cccc(F)c1)NC(C)C(C)C.I. The molecule has 5 nitrogen and oxygen atoms in total. The number of anilines is 1. The van der Waals surface area contributed by atoms with Crippen LogP contribution in [0.15, 0.2) is 29.3 Å². The molecule has 1 rings (SSSR count). The number of halogens is 2. The lowest BCUT2D eigenvalue weighted by molar-refractivity contribution is -0.115. The number of guanidine groups is 1. The first-order chi connectivity index (χ1) is 9.92. The molecule has 1 aromatic rings. The van der Waals surface area contributed by atoms with Crippen LogP contribution in [0, 0.1) is 11.7 Å². The van der Waals surface area contributed by atoms with Gasteiger partial charge in [0, 0.05) is 18.8 Å². The molecule has 3 N–H and O–H groups in total. The third-order valence-corrected chi connectivity index (χ3v) is 3.11. The lowest BCUT2D eigenvalue weighted by atomic mass is 10.1. The molecule has 0 saturated heterocycles. The van der Waals surface area contributed by atoms with Gasteiger partial charge in [-0.2, -0.15) is 0 Å². The Morgan fingerprint density at radius 2 is 2.00 bits per heavy atom. The number of hydrogen-bond donors (Lipinski definition) is 3. The highest BCUT2D eigenvalue weighted by Gasteiger charge is 2.10. The van der Waals surface area contributed by atoms with Crippen molar-refractivity contribution in [3.63, 3.8) is 0 Å². The van der Waals surface area contributed by atoms with E-state index in [9.17, 15) is 9.18 Å². The highest BCUT2D eigenvalue weighted by molar-refractivity contribution is 14.0. The van der Waals surface area contributed by atoms with Crippen LogP contribution in [-0.4, -0.2) is 31.5 Å². The average molecular weight is 422 g/mol. The minimum absolute atomic E-state index is 0. The molecule has 0 heterocycles. The second-order valence-corrected chi connectivity index (χ2v) is 5.16. The molecular formula is C15H24FIN4O. The van der Waals surface area contributed by atoms with Crippen LogP contribution in [-0.2, 0) is 4.79 Å². The highest BCUT2D eigenvalue weighted by atomic mass is 127. The molecule has 7 heteroatoms. The molecule has 0 fully saturated rings. The molecule has 0 spiro atoms. The molecule has 124 valence electrons. The third kappa shape index (κ3) is 7.58. The van der Waals surface area contributed by atoms with Crippen LogP contribution in [0.2, 0.25) is 0 Å². The number of hydrogen-bond acceptors (Lipinski definition) is 2. The molecule has 1 atom stereocenters. The van der Waals surface area contributed by atoms with Crippen molar-refractivity contribution in [2.24, 2.45) is 10.9 Å². The fourth-order valence-electron chi connectivity index (χ4n) is 1.51. The summed E-state index contributed by atoms with van der Waals surface area (Å²) in [4.78, 5) is 15.8. The first kappa shape index (κ1) is 20.6. The largest absolute Gasteiger partial charge is 0.354 e. The monoisotopic (exact) mass is 422 g/mol. The Bertz CT molecular complexity index is 508. The maximum absolute atomic E-state index is 13.0. The fourth-order valence-corrected chi connectivity index (χ4v) is 1.51. The molecule has 1 aromatic carbocycles. The van der Waals surface area contributed by atoms with E-state index in [0.29, 0.717) is 17.6 Å². The van der Waals surface area contributed by atoms with Crippen molar-refractivity contribution in [3.05, 3.63) is 30.1 Å². The summed E-state index contributed by atoms with van der Waals surface area (Å²) < 4.78 is 13.0. The molecule has 22 heavy (non-hydrogen) atoms. The van der Waals surface area contributed by atoms with Crippen molar-refractivity contribution < 1.29 is 9.18 Å². The van der Waals surface area contributed by atoms with Gasteiger partial charge in [-0.1, -0.05) is 19.9 Å². The van der Waals surface area contributed by atoms with Gasteiger partial charge in [0.05, 0.1) is 6.54 Å². The van der Waals surface area contributed by atoms with Gasteiger partial charge in [-0.25, -0.2) is 4.39 Å². The normalized spacial score (nSPS) is 12.4. The van der Waals surface area contributed by atoms with Crippen LogP contribution < -0.4 is 16.0 Å². The predicted molar refractivity (Wildman–Crippen MR) is 99.2 cm³/mol. The van der Waals surface area contributed by atoms with E-state index in [4.69, 9.17) is 0 Å². The average Bonchev–Trinajstić information content (AvgIpc) is 2.43. The smallest absolute Gasteiger partial charge is 0.243 e. The Kier molecular flexibility index (Phi) is 9.71. The molecule has 1 amide bonds. The number of aliphatic imine (C=N–C) groups is 1. The van der Waals surface area contributed by atoms with Gasteiger partial charge in [0.2, 0.25) is 5.91 Å². The number of benzene rings is 1. The molecule has 1 unspecified atom stereocenters. The third-order valence-electron chi connectivity index (χ3n) is 3.11. The molecule has 0 aliphatic heterocycles. The van der Waals surface area contributed by atoms with Crippen molar-refractivity contribution in [1.82, 2.24) is 10.6 Å². The minimum atomic E-state index is -0.385. The van der Waals surface area contributed by atoms with Crippen molar-refractivity contribution in [2.45, 2.75) is 26.8 Å². The molecule has 0 radical (unpaired) electrons. The van der Waals surface area contributed by atoms with Gasteiger partial charge in [-0.3, -0.25) is 9.79 Å². The summed E-state index contributed by atoms with van der Waals surface area (Å²) in [7, 11) is 1.65. The Morgan fingerprint density at radius 1 is 1.32 bits per heavy atom. The summed E-state index contributed by atoms with van der Waals surface area (Å²) in [5, 5.41) is 8.73. The number of carbonyl (C=O) groups is 1. The number of rotatable bonds is 5. The summed E-state index contributed by atoms with van der Waals surface area (Å²) in [5.41, 5.74) is 0.431. The Balaban J connectivity index is 0.00000441. The second kappa shape index (κ2) is 10.4. The highest BCUT2D eigenvalue weighted by Crippen LogP contribution is 2.08. The zero-order chi connectivity index (χ0) is 15.8. The number of carbonyl (C=O) groups excluding carboxylic acids is 1. The van der Waals surface area contributed by atoms with Crippen LogP contribution in [0.3, 0.4) is 0 Å². The molecule has 0 aliphatic rings. The second-order valence-electron chi connectivity index (χ2n) is 5.16. The van der Waals surface area contributed by atoms with Gasteiger partial charge < -0.3 is 16.0 Å². The van der Waals surface area contributed by atoms with E-state index in [1.807, 2.05) is 6.92 Å². The van der Waals surface area contributed by atoms with E-state index < -0.39 is 0 Å². The molecular weight excluding hydrogens is 398 g/mol. The first-order valence-electron chi connectivity index (χ1n) is 6.95. The molecule has 0 saturated carbocycles. The molecule has 0 aliphatic carbocycles. The molecule has 0 aromatic heterocycles. The summed E-state index contributed by atoms with van der Waals surface area (Å²) >= 11 is 0. The Hall–Kier alpha value is -1.38. The van der Waals surface area contributed by atoms with Gasteiger partial charge in [-0.15, -0.1) is 24.0 Å². The van der Waals surface area contributed by atoms with Gasteiger partial charge in [0.1, 0.15) is 5.82 Å². The maximum atomic E-state index is 13.0. The van der Waals surface area contributed by atoms with Gasteiger partial charge in [0.25, 0.3) is 0 Å². The maximum Gasteiger partial charge on any atom is 0.243 e. The lowest BCUT2D eigenvalue weighted by Crippen LogP contribution is -2.46. The number of amides is 1. The van der Waals surface area contributed by atoms with Crippen LogP contribution in [0.1, 0.15) is 20.8 Å². The zero-order valence-electron chi connectivity index (χ0n) is 13.3. The lowest BCUT2D eigenvalue weighted by Gasteiger charge is -2.20. The topological polar surface area (TPSA) is 65.5 Å². The first-order valence-corrected chi connectivity index (χ1v) is 6.95. The van der Waals surface area contributed by atoms with Gasteiger partial charge >= 0.3 is 0 Å². The Labute approximate surface area is 148 Å². The minimum Gasteiger partial charge on any atom is -0.354 e. The summed E-state index contributed by atoms with van der Waals surface area (Å²) in [6.07, 6.45) is 0. The van der Waals surface area contributed by atoms with E-state index in [1.165, 1.54) is 12.1 Å². The van der Waals surface area contributed by atoms with Crippen LogP contribution in [0.5, 0.6) is 0 Å². The van der Waals surface area contributed by atoms with Crippen molar-refractivity contribution in [3.8, 4) is 0 Å². The summed E-state index contributed by atoms with van der Waals surface area (Å²) in [5.74, 6) is 0.361. The zero-order valence-corrected chi connectivity index (χ0v) is 15.6. The van der Waals surface area contributed by atoms with Crippen molar-refractivity contribution in [2.75, 3.05) is 18.9 Å². The summed E-state index contributed by atoms with van der Waals surface area (Å²) in [6.45, 7) is 6.30. The Morgan fingerprint density at radius 3 is 2.55 bits per heavy atom. The molecule has 0 bridgehead atoms. The van der Waals surface area contributed by atoms with Crippen LogP contribution in [0.25, 0.3) is 0 Å².